The molecule has 0 radical (unpaired) electrons. The van der Waals surface area contributed by atoms with Crippen molar-refractivity contribution < 1.29 is 17.9 Å². The van der Waals surface area contributed by atoms with E-state index < -0.39 is 17.5 Å². The van der Waals surface area contributed by atoms with E-state index in [1.165, 1.54) is 13.2 Å². The Morgan fingerprint density at radius 1 is 0.966 bits per heavy atom. The van der Waals surface area contributed by atoms with Crippen molar-refractivity contribution in [2.75, 3.05) is 7.11 Å². The molecule has 0 bridgehead atoms. The van der Waals surface area contributed by atoms with E-state index in [1.54, 1.807) is 18.2 Å². The predicted octanol–water partition coefficient (Wildman–Crippen LogP) is 6.98. The van der Waals surface area contributed by atoms with Crippen LogP contribution in [0.4, 0.5) is 13.2 Å². The summed E-state index contributed by atoms with van der Waals surface area (Å²) < 4.78 is 49.1. The third-order valence-corrected chi connectivity index (χ3v) is 6.75. The number of halogens is 3. The van der Waals surface area contributed by atoms with Gasteiger partial charge in [0.05, 0.1) is 7.11 Å². The highest BCUT2D eigenvalue weighted by Gasteiger charge is 2.27. The van der Waals surface area contributed by atoms with E-state index in [9.17, 15) is 8.78 Å². The number of hydrogen-bond donors (Lipinski definition) is 0. The lowest BCUT2D eigenvalue weighted by Crippen LogP contribution is -2.15. The fourth-order valence-electron chi connectivity index (χ4n) is 4.87. The van der Waals surface area contributed by atoms with Crippen LogP contribution in [0, 0.1) is 23.4 Å². The second-order valence-corrected chi connectivity index (χ2v) is 8.32. The van der Waals surface area contributed by atoms with Crippen molar-refractivity contribution in [3.05, 3.63) is 70.0 Å². The fraction of sp³-hybridized carbons (Fsp3) is 0.440. The summed E-state index contributed by atoms with van der Waals surface area (Å²) in [6, 6.07) is 6.59. The molecule has 29 heavy (non-hydrogen) atoms. The van der Waals surface area contributed by atoms with Gasteiger partial charge in [0, 0.05) is 5.56 Å². The van der Waals surface area contributed by atoms with Gasteiger partial charge in [-0.3, -0.25) is 0 Å². The SMILES string of the molecule is CCC1CCC(c2ccc(C3=CCc4cc(OC)c(F)cc4C3)c(F)c2F)CC1. The fourth-order valence-corrected chi connectivity index (χ4v) is 4.87. The summed E-state index contributed by atoms with van der Waals surface area (Å²) in [7, 11) is 1.43. The highest BCUT2D eigenvalue weighted by atomic mass is 19.2. The molecule has 4 heteroatoms. The number of benzene rings is 2. The van der Waals surface area contributed by atoms with Crippen molar-refractivity contribution in [1.82, 2.24) is 0 Å². The van der Waals surface area contributed by atoms with Crippen molar-refractivity contribution in [3.8, 4) is 5.75 Å². The molecule has 0 N–H and O–H groups in total. The number of ether oxygens (including phenoxy) is 1. The smallest absolute Gasteiger partial charge is 0.166 e. The quantitative estimate of drug-likeness (QED) is 0.538. The first-order valence-electron chi connectivity index (χ1n) is 10.5. The molecule has 1 saturated carbocycles. The Balaban J connectivity index is 1.58. The Hall–Kier alpha value is -2.23. The molecule has 2 aromatic carbocycles. The van der Waals surface area contributed by atoms with Crippen LogP contribution in [-0.4, -0.2) is 7.11 Å². The van der Waals surface area contributed by atoms with Gasteiger partial charge in [-0.05, 0) is 84.8 Å². The van der Waals surface area contributed by atoms with Gasteiger partial charge < -0.3 is 4.74 Å². The van der Waals surface area contributed by atoms with Crippen molar-refractivity contribution in [2.24, 2.45) is 5.92 Å². The summed E-state index contributed by atoms with van der Waals surface area (Å²) in [5.74, 6) is -0.898. The molecular weight excluding hydrogens is 373 g/mol. The molecule has 0 aliphatic heterocycles. The average Bonchev–Trinajstić information content (AvgIpc) is 2.75. The zero-order valence-electron chi connectivity index (χ0n) is 17.0. The minimum Gasteiger partial charge on any atom is -0.494 e. The molecule has 2 aliphatic carbocycles. The van der Waals surface area contributed by atoms with E-state index in [2.05, 4.69) is 6.92 Å². The number of allylic oxidation sites excluding steroid dienone is 2. The second-order valence-electron chi connectivity index (χ2n) is 8.32. The van der Waals surface area contributed by atoms with E-state index in [4.69, 9.17) is 4.74 Å². The monoisotopic (exact) mass is 400 g/mol. The number of fused-ring (bicyclic) bond motifs is 1. The van der Waals surface area contributed by atoms with E-state index in [0.29, 0.717) is 29.9 Å². The maximum Gasteiger partial charge on any atom is 0.166 e. The maximum atomic E-state index is 15.0. The number of methoxy groups -OCH3 is 1. The lowest BCUT2D eigenvalue weighted by molar-refractivity contribution is 0.312. The van der Waals surface area contributed by atoms with E-state index >= 15 is 4.39 Å². The summed E-state index contributed by atoms with van der Waals surface area (Å²) in [6.45, 7) is 2.19. The largest absolute Gasteiger partial charge is 0.494 e. The summed E-state index contributed by atoms with van der Waals surface area (Å²) >= 11 is 0. The molecule has 1 nitrogen and oxygen atoms in total. The molecule has 1 fully saturated rings. The van der Waals surface area contributed by atoms with Gasteiger partial charge in [-0.1, -0.05) is 31.6 Å². The molecule has 0 spiro atoms. The molecule has 2 aliphatic rings. The summed E-state index contributed by atoms with van der Waals surface area (Å²) in [5.41, 5.74) is 3.25. The highest BCUT2D eigenvalue weighted by Crippen LogP contribution is 2.40. The van der Waals surface area contributed by atoms with Gasteiger partial charge >= 0.3 is 0 Å². The molecule has 4 rings (SSSR count). The Bertz CT molecular complexity index is 940. The van der Waals surface area contributed by atoms with E-state index in [0.717, 1.165) is 43.2 Å². The van der Waals surface area contributed by atoms with Gasteiger partial charge in [0.25, 0.3) is 0 Å². The maximum absolute atomic E-state index is 15.0. The molecule has 0 atom stereocenters. The van der Waals surface area contributed by atoms with Crippen LogP contribution in [-0.2, 0) is 12.8 Å². The van der Waals surface area contributed by atoms with Gasteiger partial charge in [0.15, 0.2) is 23.2 Å². The van der Waals surface area contributed by atoms with Gasteiger partial charge in [-0.2, -0.15) is 0 Å². The van der Waals surface area contributed by atoms with Crippen LogP contribution in [0.1, 0.15) is 67.2 Å². The zero-order valence-corrected chi connectivity index (χ0v) is 17.0. The third-order valence-electron chi connectivity index (χ3n) is 6.75. The van der Waals surface area contributed by atoms with Gasteiger partial charge in [-0.15, -0.1) is 0 Å². The highest BCUT2D eigenvalue weighted by molar-refractivity contribution is 5.71. The van der Waals surface area contributed by atoms with Crippen LogP contribution < -0.4 is 4.74 Å². The minimum absolute atomic E-state index is 0.101. The predicted molar refractivity (Wildman–Crippen MR) is 110 cm³/mol. The van der Waals surface area contributed by atoms with Gasteiger partial charge in [0.2, 0.25) is 0 Å². The molecule has 0 saturated heterocycles. The lowest BCUT2D eigenvalue weighted by Gasteiger charge is -2.28. The van der Waals surface area contributed by atoms with Gasteiger partial charge in [-0.25, -0.2) is 13.2 Å². The van der Waals surface area contributed by atoms with Crippen molar-refractivity contribution in [1.29, 1.82) is 0 Å². The second kappa shape index (κ2) is 8.25. The van der Waals surface area contributed by atoms with Crippen LogP contribution in [0.15, 0.2) is 30.3 Å². The topological polar surface area (TPSA) is 9.23 Å². The third kappa shape index (κ3) is 3.82. The number of hydrogen-bond acceptors (Lipinski definition) is 1. The van der Waals surface area contributed by atoms with Crippen LogP contribution >= 0.6 is 0 Å². The first-order valence-corrected chi connectivity index (χ1v) is 10.5. The van der Waals surface area contributed by atoms with Crippen LogP contribution in [0.3, 0.4) is 0 Å². The first kappa shape index (κ1) is 20.1. The zero-order chi connectivity index (χ0) is 20.5. The van der Waals surface area contributed by atoms with Crippen molar-refractivity contribution >= 4 is 5.57 Å². The van der Waals surface area contributed by atoms with Crippen LogP contribution in [0.25, 0.3) is 5.57 Å². The minimum atomic E-state index is -0.774. The van der Waals surface area contributed by atoms with Crippen LogP contribution in [0.2, 0.25) is 0 Å². The van der Waals surface area contributed by atoms with E-state index in [-0.39, 0.29) is 17.2 Å². The summed E-state index contributed by atoms with van der Waals surface area (Å²) in [6.07, 6.45) is 8.01. The van der Waals surface area contributed by atoms with Crippen LogP contribution in [0.5, 0.6) is 5.75 Å². The Kier molecular flexibility index (Phi) is 5.71. The molecule has 0 amide bonds. The number of rotatable bonds is 4. The Morgan fingerprint density at radius 2 is 1.72 bits per heavy atom. The molecule has 0 heterocycles. The standard InChI is InChI=1S/C25H27F3O/c1-3-15-4-6-16(7-5-15)20-10-11-21(25(28)24(20)27)18-9-8-17-14-23(29-2)22(26)13-19(17)12-18/h9-11,13-16H,3-8,12H2,1-2H3. The van der Waals surface area contributed by atoms with Gasteiger partial charge in [0.1, 0.15) is 0 Å². The lowest BCUT2D eigenvalue weighted by atomic mass is 9.77. The summed E-state index contributed by atoms with van der Waals surface area (Å²) in [5, 5.41) is 0. The summed E-state index contributed by atoms with van der Waals surface area (Å²) in [4.78, 5) is 0. The normalized spacial score (nSPS) is 21.5. The molecule has 0 unspecified atom stereocenters. The van der Waals surface area contributed by atoms with Crippen molar-refractivity contribution in [3.63, 3.8) is 0 Å². The van der Waals surface area contributed by atoms with E-state index in [1.807, 2.05) is 6.08 Å². The average molecular weight is 400 g/mol. The first-order chi connectivity index (χ1) is 14.0. The van der Waals surface area contributed by atoms with Crippen molar-refractivity contribution in [2.45, 2.75) is 57.8 Å². The Labute approximate surface area is 170 Å². The molecule has 0 aromatic heterocycles. The molecule has 2 aromatic rings. The Morgan fingerprint density at radius 3 is 2.41 bits per heavy atom. The molecule has 154 valence electrons. The molecular formula is C25H27F3O.